The van der Waals surface area contributed by atoms with Gasteiger partial charge in [0.25, 0.3) is 0 Å². The summed E-state index contributed by atoms with van der Waals surface area (Å²) in [4.78, 5) is 33.6. The van der Waals surface area contributed by atoms with E-state index in [2.05, 4.69) is 12.2 Å². The Hall–Kier alpha value is -1.79. The van der Waals surface area contributed by atoms with E-state index >= 15 is 0 Å². The minimum absolute atomic E-state index is 0.0579. The topological polar surface area (TPSA) is 107 Å². The van der Waals surface area contributed by atoms with Crippen molar-refractivity contribution in [2.75, 3.05) is 13.1 Å². The third kappa shape index (κ3) is 4.60. The Morgan fingerprint density at radius 2 is 1.78 bits per heavy atom. The lowest BCUT2D eigenvalue weighted by atomic mass is 10.2. The van der Waals surface area contributed by atoms with Crippen molar-refractivity contribution in [2.24, 2.45) is 5.92 Å². The van der Waals surface area contributed by atoms with E-state index in [0.717, 1.165) is 24.2 Å². The molecule has 7 heteroatoms. The van der Waals surface area contributed by atoms with E-state index in [-0.39, 0.29) is 6.04 Å². The molecule has 18 heavy (non-hydrogen) atoms. The number of carbonyl (C=O) groups excluding carboxylic acids is 1. The number of nitrogens with zero attached hydrogens (tertiary/aromatic N) is 1. The third-order valence-corrected chi connectivity index (χ3v) is 2.83. The summed E-state index contributed by atoms with van der Waals surface area (Å²) in [5.74, 6) is -2.02. The number of hydrogen-bond acceptors (Lipinski definition) is 3. The number of amides is 2. The van der Waals surface area contributed by atoms with Gasteiger partial charge in [0, 0.05) is 6.04 Å². The number of rotatable bonds is 7. The Kier molecular flexibility index (Phi) is 4.94. The highest BCUT2D eigenvalue weighted by Gasteiger charge is 2.38. The lowest BCUT2D eigenvalue weighted by Crippen LogP contribution is -2.46. The van der Waals surface area contributed by atoms with Crippen LogP contribution in [0.4, 0.5) is 4.79 Å². The van der Waals surface area contributed by atoms with Crippen LogP contribution in [0, 0.1) is 5.92 Å². The SMILES string of the molecule is CCCC1CC1NC(=O)N(CC(=O)O)CC(=O)O. The normalized spacial score (nSPS) is 21.2. The number of carboxylic acid groups (broad SMARTS) is 2. The first kappa shape index (κ1) is 14.3. The van der Waals surface area contributed by atoms with Crippen molar-refractivity contribution in [3.8, 4) is 0 Å². The molecule has 102 valence electrons. The van der Waals surface area contributed by atoms with E-state index in [4.69, 9.17) is 10.2 Å². The molecule has 0 aromatic rings. The molecule has 1 rings (SSSR count). The molecule has 2 atom stereocenters. The molecule has 0 saturated heterocycles. The van der Waals surface area contributed by atoms with Gasteiger partial charge in [-0.2, -0.15) is 0 Å². The Morgan fingerprint density at radius 1 is 1.22 bits per heavy atom. The fourth-order valence-corrected chi connectivity index (χ4v) is 1.89. The van der Waals surface area contributed by atoms with E-state index < -0.39 is 31.1 Å². The van der Waals surface area contributed by atoms with E-state index in [1.807, 2.05) is 0 Å². The van der Waals surface area contributed by atoms with Crippen molar-refractivity contribution >= 4 is 18.0 Å². The molecule has 7 nitrogen and oxygen atoms in total. The number of carbonyl (C=O) groups is 3. The predicted molar refractivity (Wildman–Crippen MR) is 62.2 cm³/mol. The second kappa shape index (κ2) is 6.23. The molecule has 0 aromatic heterocycles. The van der Waals surface area contributed by atoms with Gasteiger partial charge in [-0.25, -0.2) is 4.79 Å². The molecule has 0 bridgehead atoms. The Labute approximate surface area is 105 Å². The molecule has 1 saturated carbocycles. The molecule has 1 fully saturated rings. The predicted octanol–water partition coefficient (Wildman–Crippen LogP) is 0.356. The van der Waals surface area contributed by atoms with Crippen molar-refractivity contribution in [1.29, 1.82) is 0 Å². The summed E-state index contributed by atoms with van der Waals surface area (Å²) < 4.78 is 0. The summed E-state index contributed by atoms with van der Waals surface area (Å²) >= 11 is 0. The van der Waals surface area contributed by atoms with E-state index in [1.165, 1.54) is 0 Å². The maximum Gasteiger partial charge on any atom is 0.323 e. The van der Waals surface area contributed by atoms with Gasteiger partial charge in [0.2, 0.25) is 0 Å². The van der Waals surface area contributed by atoms with Crippen LogP contribution in [0.25, 0.3) is 0 Å². The lowest BCUT2D eigenvalue weighted by Gasteiger charge is -2.19. The fourth-order valence-electron chi connectivity index (χ4n) is 1.89. The molecular formula is C11H18N2O5. The molecule has 1 aliphatic rings. The van der Waals surface area contributed by atoms with Gasteiger partial charge in [-0.3, -0.25) is 9.59 Å². The number of aliphatic carboxylic acids is 2. The van der Waals surface area contributed by atoms with Gasteiger partial charge in [-0.15, -0.1) is 0 Å². The Morgan fingerprint density at radius 3 is 2.22 bits per heavy atom. The summed E-state index contributed by atoms with van der Waals surface area (Å²) in [6, 6.07) is -0.564. The molecule has 0 aliphatic heterocycles. The molecule has 0 aromatic carbocycles. The Balaban J connectivity index is 2.44. The van der Waals surface area contributed by atoms with Crippen molar-refractivity contribution in [1.82, 2.24) is 10.2 Å². The van der Waals surface area contributed by atoms with Crippen LogP contribution in [-0.4, -0.2) is 52.2 Å². The smallest absolute Gasteiger partial charge is 0.323 e. The number of urea groups is 1. The fraction of sp³-hybridized carbons (Fsp3) is 0.727. The van der Waals surface area contributed by atoms with E-state index in [0.29, 0.717) is 5.92 Å². The molecule has 2 amide bonds. The van der Waals surface area contributed by atoms with Crippen LogP contribution in [0.3, 0.4) is 0 Å². The largest absolute Gasteiger partial charge is 0.480 e. The zero-order valence-electron chi connectivity index (χ0n) is 10.3. The minimum atomic E-state index is -1.23. The zero-order valence-corrected chi connectivity index (χ0v) is 10.3. The van der Waals surface area contributed by atoms with Crippen molar-refractivity contribution in [3.63, 3.8) is 0 Å². The summed E-state index contributed by atoms with van der Waals surface area (Å²) in [6.45, 7) is 0.838. The average Bonchev–Trinajstić information content (AvgIpc) is 2.94. The van der Waals surface area contributed by atoms with Gasteiger partial charge < -0.3 is 20.4 Å². The van der Waals surface area contributed by atoms with Gasteiger partial charge in [0.05, 0.1) is 0 Å². The van der Waals surface area contributed by atoms with Crippen LogP contribution in [0.5, 0.6) is 0 Å². The van der Waals surface area contributed by atoms with Crippen LogP contribution in [0.15, 0.2) is 0 Å². The Bertz CT molecular complexity index is 328. The van der Waals surface area contributed by atoms with E-state index in [9.17, 15) is 14.4 Å². The first-order valence-corrected chi connectivity index (χ1v) is 5.93. The van der Waals surface area contributed by atoms with Crippen LogP contribution < -0.4 is 5.32 Å². The second-order valence-electron chi connectivity index (χ2n) is 4.48. The summed E-state index contributed by atoms with van der Waals surface area (Å²) in [7, 11) is 0. The van der Waals surface area contributed by atoms with Gasteiger partial charge >= 0.3 is 18.0 Å². The van der Waals surface area contributed by atoms with Gasteiger partial charge in [-0.1, -0.05) is 13.3 Å². The highest BCUT2D eigenvalue weighted by atomic mass is 16.4. The van der Waals surface area contributed by atoms with Crippen LogP contribution >= 0.6 is 0 Å². The number of hydrogen-bond donors (Lipinski definition) is 3. The summed E-state index contributed by atoms with van der Waals surface area (Å²) in [6.07, 6.45) is 2.93. The van der Waals surface area contributed by atoms with Crippen LogP contribution in [0.2, 0.25) is 0 Å². The van der Waals surface area contributed by atoms with Crippen molar-refractivity contribution in [3.05, 3.63) is 0 Å². The first-order chi connectivity index (χ1) is 8.43. The van der Waals surface area contributed by atoms with Gasteiger partial charge in [0.15, 0.2) is 0 Å². The second-order valence-corrected chi connectivity index (χ2v) is 4.48. The minimum Gasteiger partial charge on any atom is -0.480 e. The number of carboxylic acids is 2. The maximum atomic E-state index is 11.7. The lowest BCUT2D eigenvalue weighted by molar-refractivity contribution is -0.140. The van der Waals surface area contributed by atoms with Crippen LogP contribution in [0.1, 0.15) is 26.2 Å². The standard InChI is InChI=1S/C11H18N2O5/c1-2-3-7-4-8(7)12-11(18)13(5-9(14)15)6-10(16)17/h7-8H,2-6H2,1H3,(H,12,18)(H,14,15)(H,16,17). The van der Waals surface area contributed by atoms with E-state index in [1.54, 1.807) is 0 Å². The third-order valence-electron chi connectivity index (χ3n) is 2.83. The van der Waals surface area contributed by atoms with Gasteiger partial charge in [-0.05, 0) is 18.8 Å². The average molecular weight is 258 g/mol. The molecule has 0 spiro atoms. The molecule has 0 radical (unpaired) electrons. The summed E-state index contributed by atoms with van der Waals surface area (Å²) in [5, 5.41) is 19.9. The molecule has 0 heterocycles. The maximum absolute atomic E-state index is 11.7. The first-order valence-electron chi connectivity index (χ1n) is 5.93. The van der Waals surface area contributed by atoms with Crippen LogP contribution in [-0.2, 0) is 9.59 Å². The van der Waals surface area contributed by atoms with Crippen molar-refractivity contribution in [2.45, 2.75) is 32.2 Å². The monoisotopic (exact) mass is 258 g/mol. The molecule has 2 unspecified atom stereocenters. The van der Waals surface area contributed by atoms with Crippen molar-refractivity contribution < 1.29 is 24.6 Å². The zero-order chi connectivity index (χ0) is 13.7. The quantitative estimate of drug-likeness (QED) is 0.611. The highest BCUT2D eigenvalue weighted by Crippen LogP contribution is 2.34. The molecule has 1 aliphatic carbocycles. The number of nitrogens with one attached hydrogen (secondary N) is 1. The molecule has 3 N–H and O–H groups in total. The molecular weight excluding hydrogens is 240 g/mol. The summed E-state index contributed by atoms with van der Waals surface area (Å²) in [5.41, 5.74) is 0. The van der Waals surface area contributed by atoms with Gasteiger partial charge in [0.1, 0.15) is 13.1 Å². The highest BCUT2D eigenvalue weighted by molar-refractivity contribution is 5.84.